The van der Waals surface area contributed by atoms with Gasteiger partial charge in [-0.2, -0.15) is 0 Å². The molecule has 0 amide bonds. The molecule has 4 aromatic rings. The van der Waals surface area contributed by atoms with Crippen LogP contribution in [-0.4, -0.2) is 22.6 Å². The molecule has 0 radical (unpaired) electrons. The molecule has 1 heterocycles. The molecule has 1 aliphatic carbocycles. The fraction of sp³-hybridized carbons (Fsp3) is 0.200. The SMILES string of the molecule is COc1ccc(OC)c([C@H]2Nc3ccc(S(=O)(=O)Nc4cccc5ccccc45)cc3[C@H]3C=CC[C@H]32)c1. The van der Waals surface area contributed by atoms with Gasteiger partial charge in [-0.15, -0.1) is 0 Å². The van der Waals surface area contributed by atoms with Gasteiger partial charge in [0.25, 0.3) is 10.0 Å². The second kappa shape index (κ2) is 9.16. The van der Waals surface area contributed by atoms with E-state index in [1.807, 2.05) is 66.7 Å². The third kappa shape index (κ3) is 4.09. The lowest BCUT2D eigenvalue weighted by molar-refractivity contribution is 0.374. The first-order valence-electron chi connectivity index (χ1n) is 12.3. The Kier molecular flexibility index (Phi) is 5.80. The Morgan fingerprint density at radius 1 is 0.892 bits per heavy atom. The van der Waals surface area contributed by atoms with Crippen LogP contribution in [0.4, 0.5) is 11.4 Å². The molecule has 2 aliphatic rings. The van der Waals surface area contributed by atoms with Gasteiger partial charge in [-0.3, -0.25) is 4.72 Å². The molecule has 2 N–H and O–H groups in total. The Morgan fingerprint density at radius 2 is 1.73 bits per heavy atom. The summed E-state index contributed by atoms with van der Waals surface area (Å²) in [7, 11) is -0.461. The summed E-state index contributed by atoms with van der Waals surface area (Å²) in [6, 6.07) is 24.5. The van der Waals surface area contributed by atoms with Crippen molar-refractivity contribution in [2.24, 2.45) is 5.92 Å². The second-order valence-corrected chi connectivity index (χ2v) is 11.1. The van der Waals surface area contributed by atoms with Crippen LogP contribution in [0.25, 0.3) is 10.8 Å². The number of hydrogen-bond acceptors (Lipinski definition) is 5. The second-order valence-electron chi connectivity index (χ2n) is 9.46. The van der Waals surface area contributed by atoms with E-state index in [2.05, 4.69) is 22.2 Å². The minimum atomic E-state index is -3.79. The maximum atomic E-state index is 13.5. The van der Waals surface area contributed by atoms with E-state index in [0.29, 0.717) is 5.69 Å². The van der Waals surface area contributed by atoms with E-state index in [0.717, 1.165) is 45.5 Å². The molecule has 0 aromatic heterocycles. The molecule has 0 bridgehead atoms. The van der Waals surface area contributed by atoms with Gasteiger partial charge in [0.15, 0.2) is 0 Å². The Hall–Kier alpha value is -3.97. The minimum Gasteiger partial charge on any atom is -0.497 e. The van der Waals surface area contributed by atoms with Crippen molar-refractivity contribution in [1.29, 1.82) is 0 Å². The van der Waals surface area contributed by atoms with Crippen LogP contribution in [0.2, 0.25) is 0 Å². The van der Waals surface area contributed by atoms with Crippen LogP contribution in [-0.2, 0) is 10.0 Å². The highest BCUT2D eigenvalue weighted by Gasteiger charge is 2.39. The van der Waals surface area contributed by atoms with Crippen LogP contribution < -0.4 is 19.5 Å². The first kappa shape index (κ1) is 23.4. The molecule has 4 aromatic carbocycles. The predicted octanol–water partition coefficient (Wildman–Crippen LogP) is 6.48. The number of nitrogens with one attached hydrogen (secondary N) is 2. The summed E-state index contributed by atoms with van der Waals surface area (Å²) in [5.41, 5.74) is 3.50. The number of hydrogen-bond donors (Lipinski definition) is 2. The lowest BCUT2D eigenvalue weighted by atomic mass is 9.77. The average molecular weight is 513 g/mol. The van der Waals surface area contributed by atoms with Gasteiger partial charge >= 0.3 is 0 Å². The fourth-order valence-electron chi connectivity index (χ4n) is 5.65. The van der Waals surface area contributed by atoms with Crippen LogP contribution in [0.5, 0.6) is 11.5 Å². The van der Waals surface area contributed by atoms with Gasteiger partial charge in [-0.05, 0) is 65.8 Å². The zero-order chi connectivity index (χ0) is 25.6. The number of sulfonamides is 1. The first-order chi connectivity index (χ1) is 18.0. The van der Waals surface area contributed by atoms with E-state index in [4.69, 9.17) is 9.47 Å². The molecular weight excluding hydrogens is 484 g/mol. The zero-order valence-corrected chi connectivity index (χ0v) is 21.5. The normalized spacial score (nSPS) is 20.1. The van der Waals surface area contributed by atoms with Crippen molar-refractivity contribution >= 4 is 32.2 Å². The molecule has 0 fully saturated rings. The third-order valence-corrected chi connectivity index (χ3v) is 8.81. The Labute approximate surface area is 217 Å². The molecule has 188 valence electrons. The van der Waals surface area contributed by atoms with E-state index in [9.17, 15) is 8.42 Å². The molecule has 6 rings (SSSR count). The van der Waals surface area contributed by atoms with E-state index >= 15 is 0 Å². The van der Waals surface area contributed by atoms with Crippen molar-refractivity contribution in [2.45, 2.75) is 23.3 Å². The summed E-state index contributed by atoms with van der Waals surface area (Å²) < 4.78 is 40.9. The number of rotatable bonds is 6. The van der Waals surface area contributed by atoms with Crippen LogP contribution in [0, 0.1) is 5.92 Å². The minimum absolute atomic E-state index is 0.00573. The quantitative estimate of drug-likeness (QED) is 0.289. The molecule has 3 atom stereocenters. The topological polar surface area (TPSA) is 76.7 Å². The summed E-state index contributed by atoms with van der Waals surface area (Å²) in [5, 5.41) is 5.52. The summed E-state index contributed by atoms with van der Waals surface area (Å²) >= 11 is 0. The maximum absolute atomic E-state index is 13.5. The highest BCUT2D eigenvalue weighted by atomic mass is 32.2. The maximum Gasteiger partial charge on any atom is 0.261 e. The number of ether oxygens (including phenoxy) is 2. The third-order valence-electron chi connectivity index (χ3n) is 7.45. The van der Waals surface area contributed by atoms with Crippen molar-refractivity contribution < 1.29 is 17.9 Å². The average Bonchev–Trinajstić information content (AvgIpc) is 3.42. The van der Waals surface area contributed by atoms with Crippen molar-refractivity contribution in [1.82, 2.24) is 0 Å². The Balaban J connectivity index is 1.37. The monoisotopic (exact) mass is 512 g/mol. The molecule has 1 aliphatic heterocycles. The molecule has 0 saturated heterocycles. The number of allylic oxidation sites excluding steroid dienone is 2. The molecule has 7 heteroatoms. The molecule has 37 heavy (non-hydrogen) atoms. The van der Waals surface area contributed by atoms with Crippen LogP contribution in [0.1, 0.15) is 29.5 Å². The van der Waals surface area contributed by atoms with Gasteiger partial charge in [0, 0.05) is 22.6 Å². The van der Waals surface area contributed by atoms with Gasteiger partial charge in [0.1, 0.15) is 11.5 Å². The molecular formula is C30H28N2O4S. The molecule has 6 nitrogen and oxygen atoms in total. The molecule has 0 spiro atoms. The highest BCUT2D eigenvalue weighted by molar-refractivity contribution is 7.92. The summed E-state index contributed by atoms with van der Waals surface area (Å²) in [6.07, 6.45) is 5.26. The van der Waals surface area contributed by atoms with E-state index in [1.54, 1.807) is 26.4 Å². The van der Waals surface area contributed by atoms with E-state index in [1.165, 1.54) is 0 Å². The zero-order valence-electron chi connectivity index (χ0n) is 20.6. The lowest BCUT2D eigenvalue weighted by Gasteiger charge is -2.38. The van der Waals surface area contributed by atoms with Gasteiger partial charge in [-0.1, -0.05) is 48.6 Å². The van der Waals surface area contributed by atoms with Crippen LogP contribution in [0.15, 0.2) is 95.9 Å². The van der Waals surface area contributed by atoms with Gasteiger partial charge in [0.2, 0.25) is 0 Å². The summed E-state index contributed by atoms with van der Waals surface area (Å²) in [4.78, 5) is 0.248. The first-order valence-corrected chi connectivity index (χ1v) is 13.8. The number of anilines is 2. The van der Waals surface area contributed by atoms with Gasteiger partial charge < -0.3 is 14.8 Å². The van der Waals surface area contributed by atoms with Gasteiger partial charge in [-0.25, -0.2) is 8.42 Å². The van der Waals surface area contributed by atoms with Crippen molar-refractivity contribution in [3.05, 3.63) is 102 Å². The lowest BCUT2D eigenvalue weighted by Crippen LogP contribution is -2.29. The Morgan fingerprint density at radius 3 is 2.57 bits per heavy atom. The molecule has 0 unspecified atom stereocenters. The predicted molar refractivity (Wildman–Crippen MR) is 147 cm³/mol. The van der Waals surface area contributed by atoms with Crippen LogP contribution in [0.3, 0.4) is 0 Å². The van der Waals surface area contributed by atoms with Crippen molar-refractivity contribution in [3.8, 4) is 11.5 Å². The van der Waals surface area contributed by atoms with Crippen molar-refractivity contribution in [2.75, 3.05) is 24.3 Å². The largest absolute Gasteiger partial charge is 0.497 e. The van der Waals surface area contributed by atoms with Gasteiger partial charge in [0.05, 0.1) is 30.8 Å². The van der Waals surface area contributed by atoms with E-state index in [-0.39, 0.29) is 22.8 Å². The van der Waals surface area contributed by atoms with E-state index < -0.39 is 10.0 Å². The van der Waals surface area contributed by atoms with Crippen molar-refractivity contribution in [3.63, 3.8) is 0 Å². The fourth-order valence-corrected chi connectivity index (χ4v) is 6.76. The summed E-state index contributed by atoms with van der Waals surface area (Å²) in [5.74, 6) is 1.88. The summed E-state index contributed by atoms with van der Waals surface area (Å²) in [6.45, 7) is 0. The van der Waals surface area contributed by atoms with Crippen LogP contribution >= 0.6 is 0 Å². The highest BCUT2D eigenvalue weighted by Crippen LogP contribution is 2.52. The smallest absolute Gasteiger partial charge is 0.261 e. The Bertz CT molecular complexity index is 1620. The number of methoxy groups -OCH3 is 2. The molecule has 0 saturated carbocycles. The standard InChI is InChI=1S/C30H28N2O4S/c1-35-20-13-16-29(36-2)26(17-20)30-24-11-6-10-23(24)25-18-21(14-15-27(25)31-30)37(33,34)32-28-12-5-8-19-7-3-4-9-22(19)28/h3-10,12-18,23-24,30-32H,11H2,1-2H3/t23-,24+,30-/m0/s1. The number of fused-ring (bicyclic) bond motifs is 4. The number of benzene rings is 4.